The van der Waals surface area contributed by atoms with Crippen LogP contribution in [0, 0.1) is 0 Å². The molecule has 2 aromatic rings. The summed E-state index contributed by atoms with van der Waals surface area (Å²) in [4.78, 5) is 12.0. The highest BCUT2D eigenvalue weighted by molar-refractivity contribution is 7.07. The van der Waals surface area contributed by atoms with Crippen LogP contribution in [0.4, 0.5) is 5.69 Å². The molecule has 1 aromatic carbocycles. The Hall–Kier alpha value is -1.72. The van der Waals surface area contributed by atoms with Gasteiger partial charge in [0.1, 0.15) is 11.5 Å². The maximum Gasteiger partial charge on any atom is 0.224 e. The molecule has 1 aromatic heterocycles. The first kappa shape index (κ1) is 15.7. The third-order valence-electron chi connectivity index (χ3n) is 2.97. The van der Waals surface area contributed by atoms with Gasteiger partial charge >= 0.3 is 0 Å². The standard InChI is InChI=1S/C15H16ClNO3S/c1-19-13-8-12(14(20-2)7-11(13)16)17-15(18)4-3-10-5-6-21-9-10/h5-9H,3-4H2,1-2H3,(H,17,18). The first-order valence-corrected chi connectivity index (χ1v) is 7.68. The van der Waals surface area contributed by atoms with Gasteiger partial charge in [-0.25, -0.2) is 0 Å². The van der Waals surface area contributed by atoms with Crippen LogP contribution in [0.15, 0.2) is 29.0 Å². The molecule has 0 spiro atoms. The Bertz CT molecular complexity index is 614. The van der Waals surface area contributed by atoms with Crippen molar-refractivity contribution < 1.29 is 14.3 Å². The van der Waals surface area contributed by atoms with Crippen molar-refractivity contribution in [1.29, 1.82) is 0 Å². The second kappa shape index (κ2) is 7.33. The number of anilines is 1. The van der Waals surface area contributed by atoms with Crippen LogP contribution in [0.1, 0.15) is 12.0 Å². The van der Waals surface area contributed by atoms with E-state index in [1.54, 1.807) is 23.5 Å². The van der Waals surface area contributed by atoms with Crippen molar-refractivity contribution in [2.75, 3.05) is 19.5 Å². The van der Waals surface area contributed by atoms with E-state index in [2.05, 4.69) is 5.32 Å². The van der Waals surface area contributed by atoms with Crippen LogP contribution in [0.25, 0.3) is 0 Å². The summed E-state index contributed by atoms with van der Waals surface area (Å²) >= 11 is 7.65. The molecule has 6 heteroatoms. The third kappa shape index (κ3) is 4.12. The first-order valence-electron chi connectivity index (χ1n) is 6.36. The lowest BCUT2D eigenvalue weighted by Crippen LogP contribution is -2.13. The Morgan fingerprint density at radius 1 is 1.29 bits per heavy atom. The SMILES string of the molecule is COc1cc(NC(=O)CCc2ccsc2)c(OC)cc1Cl. The summed E-state index contributed by atoms with van der Waals surface area (Å²) in [5, 5.41) is 7.30. The molecule has 0 aliphatic rings. The number of methoxy groups -OCH3 is 2. The zero-order valence-electron chi connectivity index (χ0n) is 11.8. The van der Waals surface area contributed by atoms with Crippen molar-refractivity contribution >= 4 is 34.5 Å². The summed E-state index contributed by atoms with van der Waals surface area (Å²) < 4.78 is 10.4. The minimum Gasteiger partial charge on any atom is -0.495 e. The quantitative estimate of drug-likeness (QED) is 0.873. The van der Waals surface area contributed by atoms with E-state index < -0.39 is 0 Å². The number of ether oxygens (including phenoxy) is 2. The fourth-order valence-corrected chi connectivity index (χ4v) is 2.80. The van der Waals surface area contributed by atoms with E-state index in [1.165, 1.54) is 14.2 Å². The number of benzene rings is 1. The van der Waals surface area contributed by atoms with Gasteiger partial charge in [-0.15, -0.1) is 0 Å². The van der Waals surface area contributed by atoms with Crippen LogP contribution in [-0.4, -0.2) is 20.1 Å². The van der Waals surface area contributed by atoms with Gasteiger partial charge in [0, 0.05) is 18.6 Å². The predicted molar refractivity (Wildman–Crippen MR) is 85.8 cm³/mol. The van der Waals surface area contributed by atoms with Crippen molar-refractivity contribution in [1.82, 2.24) is 0 Å². The molecule has 0 aliphatic carbocycles. The lowest BCUT2D eigenvalue weighted by atomic mass is 10.2. The lowest BCUT2D eigenvalue weighted by Gasteiger charge is -2.13. The maximum atomic E-state index is 12.0. The van der Waals surface area contributed by atoms with Gasteiger partial charge in [0.15, 0.2) is 0 Å². The van der Waals surface area contributed by atoms with Crippen molar-refractivity contribution in [3.63, 3.8) is 0 Å². The lowest BCUT2D eigenvalue weighted by molar-refractivity contribution is -0.116. The Labute approximate surface area is 132 Å². The fraction of sp³-hybridized carbons (Fsp3) is 0.267. The number of hydrogen-bond acceptors (Lipinski definition) is 4. The summed E-state index contributed by atoms with van der Waals surface area (Å²) in [5.41, 5.74) is 1.71. The fourth-order valence-electron chi connectivity index (χ4n) is 1.86. The molecule has 1 N–H and O–H groups in total. The summed E-state index contributed by atoms with van der Waals surface area (Å²) in [6, 6.07) is 5.29. The van der Waals surface area contributed by atoms with Gasteiger partial charge in [0.2, 0.25) is 5.91 Å². The van der Waals surface area contributed by atoms with Crippen molar-refractivity contribution in [3.8, 4) is 11.5 Å². The second-order valence-corrected chi connectivity index (χ2v) is 5.55. The number of nitrogens with one attached hydrogen (secondary N) is 1. The molecular formula is C15H16ClNO3S. The molecule has 0 saturated heterocycles. The second-order valence-electron chi connectivity index (χ2n) is 4.37. The molecule has 0 bridgehead atoms. The van der Waals surface area contributed by atoms with E-state index in [-0.39, 0.29) is 5.91 Å². The van der Waals surface area contributed by atoms with E-state index in [9.17, 15) is 4.79 Å². The maximum absolute atomic E-state index is 12.0. The van der Waals surface area contributed by atoms with Crippen LogP contribution in [0.3, 0.4) is 0 Å². The number of carbonyl (C=O) groups excluding carboxylic acids is 1. The van der Waals surface area contributed by atoms with Gasteiger partial charge in [-0.2, -0.15) is 11.3 Å². The molecule has 21 heavy (non-hydrogen) atoms. The highest BCUT2D eigenvalue weighted by Crippen LogP contribution is 2.35. The molecule has 0 radical (unpaired) electrons. The summed E-state index contributed by atoms with van der Waals surface area (Å²) in [7, 11) is 3.05. The normalized spacial score (nSPS) is 10.2. The van der Waals surface area contributed by atoms with E-state index in [0.717, 1.165) is 5.56 Å². The van der Waals surface area contributed by atoms with Crippen LogP contribution >= 0.6 is 22.9 Å². The molecule has 4 nitrogen and oxygen atoms in total. The van der Waals surface area contributed by atoms with Crippen LogP contribution < -0.4 is 14.8 Å². The van der Waals surface area contributed by atoms with Crippen LogP contribution in [-0.2, 0) is 11.2 Å². The third-order valence-corrected chi connectivity index (χ3v) is 4.00. The number of amides is 1. The van der Waals surface area contributed by atoms with Crippen molar-refractivity contribution in [2.45, 2.75) is 12.8 Å². The highest BCUT2D eigenvalue weighted by atomic mass is 35.5. The first-order chi connectivity index (χ1) is 10.1. The number of thiophene rings is 1. The van der Waals surface area contributed by atoms with Crippen LogP contribution in [0.5, 0.6) is 11.5 Å². The number of halogens is 1. The zero-order chi connectivity index (χ0) is 15.2. The number of hydrogen-bond donors (Lipinski definition) is 1. The Morgan fingerprint density at radius 2 is 2.05 bits per heavy atom. The average Bonchev–Trinajstić information content (AvgIpc) is 2.99. The largest absolute Gasteiger partial charge is 0.495 e. The number of aryl methyl sites for hydroxylation is 1. The van der Waals surface area contributed by atoms with Gasteiger partial charge in [0.25, 0.3) is 0 Å². The topological polar surface area (TPSA) is 47.6 Å². The Morgan fingerprint density at radius 3 is 2.67 bits per heavy atom. The molecule has 2 rings (SSSR count). The van der Waals surface area contributed by atoms with Gasteiger partial charge < -0.3 is 14.8 Å². The van der Waals surface area contributed by atoms with E-state index in [0.29, 0.717) is 35.1 Å². The zero-order valence-corrected chi connectivity index (χ0v) is 13.4. The minimum absolute atomic E-state index is 0.0797. The predicted octanol–water partition coefficient (Wildman–Crippen LogP) is 3.99. The molecule has 0 atom stereocenters. The Balaban J connectivity index is 2.05. The molecule has 0 saturated carbocycles. The molecular weight excluding hydrogens is 310 g/mol. The molecule has 112 valence electrons. The van der Waals surface area contributed by atoms with Crippen molar-refractivity contribution in [3.05, 3.63) is 39.5 Å². The molecule has 0 fully saturated rings. The Kier molecular flexibility index (Phi) is 5.47. The van der Waals surface area contributed by atoms with E-state index >= 15 is 0 Å². The van der Waals surface area contributed by atoms with Gasteiger partial charge in [-0.3, -0.25) is 4.79 Å². The van der Waals surface area contributed by atoms with Gasteiger partial charge in [0.05, 0.1) is 24.9 Å². The number of carbonyl (C=O) groups is 1. The van der Waals surface area contributed by atoms with Gasteiger partial charge in [-0.1, -0.05) is 11.6 Å². The van der Waals surface area contributed by atoms with E-state index in [4.69, 9.17) is 21.1 Å². The molecule has 0 aliphatic heterocycles. The summed E-state index contributed by atoms with van der Waals surface area (Å²) in [6.07, 6.45) is 1.12. The molecule has 0 unspecified atom stereocenters. The minimum atomic E-state index is -0.0797. The van der Waals surface area contributed by atoms with E-state index in [1.807, 2.05) is 16.8 Å². The smallest absolute Gasteiger partial charge is 0.224 e. The molecule has 1 heterocycles. The monoisotopic (exact) mass is 325 g/mol. The average molecular weight is 326 g/mol. The molecule has 1 amide bonds. The summed E-state index contributed by atoms with van der Waals surface area (Å²) in [6.45, 7) is 0. The van der Waals surface area contributed by atoms with Gasteiger partial charge in [-0.05, 0) is 28.8 Å². The summed E-state index contributed by atoms with van der Waals surface area (Å²) in [5.74, 6) is 0.916. The number of rotatable bonds is 6. The van der Waals surface area contributed by atoms with Crippen LogP contribution in [0.2, 0.25) is 5.02 Å². The van der Waals surface area contributed by atoms with Crippen molar-refractivity contribution in [2.24, 2.45) is 0 Å². The highest BCUT2D eigenvalue weighted by Gasteiger charge is 2.12.